The molecule has 0 fully saturated rings. The summed E-state index contributed by atoms with van der Waals surface area (Å²) in [6.45, 7) is 1.60. The first-order valence-electron chi connectivity index (χ1n) is 8.12. The van der Waals surface area contributed by atoms with E-state index in [1.165, 1.54) is 4.90 Å². The van der Waals surface area contributed by atoms with Crippen LogP contribution in [0, 0.1) is 6.92 Å². The molecule has 3 aromatic rings. The molecule has 0 aliphatic rings. The van der Waals surface area contributed by atoms with Crippen molar-refractivity contribution in [1.29, 1.82) is 0 Å². The van der Waals surface area contributed by atoms with Crippen molar-refractivity contribution in [3.05, 3.63) is 59.9 Å². The molecule has 3 N–H and O–H groups in total. The second-order valence-electron chi connectivity index (χ2n) is 6.05. The number of rotatable bonds is 5. The maximum Gasteiger partial charge on any atom is 0.306 e. The molecular formula is C18H19N4O3PS. The van der Waals surface area contributed by atoms with Crippen molar-refractivity contribution < 1.29 is 14.3 Å². The van der Waals surface area contributed by atoms with E-state index in [0.29, 0.717) is 10.8 Å². The first-order chi connectivity index (χ1) is 12.8. The van der Waals surface area contributed by atoms with Crippen LogP contribution in [-0.4, -0.2) is 27.8 Å². The summed E-state index contributed by atoms with van der Waals surface area (Å²) in [5.74, 6) is -0.175. The highest BCUT2D eigenvalue weighted by Gasteiger charge is 2.25. The Bertz CT molecular complexity index is 999. The highest BCUT2D eigenvalue weighted by Crippen LogP contribution is 2.35. The van der Waals surface area contributed by atoms with Gasteiger partial charge in [-0.3, -0.25) is 24.7 Å². The van der Waals surface area contributed by atoms with Crippen molar-refractivity contribution in [3.8, 4) is 11.3 Å². The number of thiazole rings is 1. The van der Waals surface area contributed by atoms with Crippen LogP contribution >= 0.6 is 18.9 Å². The zero-order valence-corrected chi connectivity index (χ0v) is 16.6. The van der Waals surface area contributed by atoms with Gasteiger partial charge in [0.25, 0.3) is 0 Å². The lowest BCUT2D eigenvalue weighted by atomic mass is 10.1. The number of pyridine rings is 1. The van der Waals surface area contributed by atoms with Gasteiger partial charge in [0, 0.05) is 18.8 Å². The molecule has 0 aliphatic heterocycles. The SMILES string of the molecule is Cc1nc(N(C)C(=O)Cc2ccc(-c3ccccn3)cc2)sc1P(N)(=O)O. The average molecular weight is 402 g/mol. The van der Waals surface area contributed by atoms with Crippen LogP contribution < -0.4 is 15.0 Å². The minimum absolute atomic E-state index is 0.108. The number of nitrogens with two attached hydrogens (primary N) is 1. The van der Waals surface area contributed by atoms with Gasteiger partial charge >= 0.3 is 7.52 Å². The van der Waals surface area contributed by atoms with Crippen LogP contribution in [0.25, 0.3) is 11.3 Å². The third-order valence-electron chi connectivity index (χ3n) is 3.98. The highest BCUT2D eigenvalue weighted by atomic mass is 32.1. The predicted octanol–water partition coefficient (Wildman–Crippen LogP) is 2.49. The number of carbonyl (C=O) groups is 1. The summed E-state index contributed by atoms with van der Waals surface area (Å²) < 4.78 is 11.8. The number of anilines is 1. The molecule has 9 heteroatoms. The van der Waals surface area contributed by atoms with Crippen molar-refractivity contribution in [2.75, 3.05) is 11.9 Å². The van der Waals surface area contributed by atoms with Gasteiger partial charge in [-0.05, 0) is 24.6 Å². The Morgan fingerprint density at radius 2 is 1.96 bits per heavy atom. The molecule has 0 saturated heterocycles. The van der Waals surface area contributed by atoms with Gasteiger partial charge in [0.2, 0.25) is 5.91 Å². The normalized spacial score (nSPS) is 13.2. The Kier molecular flexibility index (Phi) is 5.53. The maximum atomic E-state index is 12.6. The van der Waals surface area contributed by atoms with E-state index < -0.39 is 7.52 Å². The number of aryl methyl sites for hydroxylation is 1. The molecule has 2 heterocycles. The summed E-state index contributed by atoms with van der Waals surface area (Å²) >= 11 is 0.961. The Balaban J connectivity index is 1.73. The fourth-order valence-corrected chi connectivity index (χ4v) is 4.61. The number of aromatic nitrogens is 2. The van der Waals surface area contributed by atoms with E-state index >= 15 is 0 Å². The van der Waals surface area contributed by atoms with Crippen molar-refractivity contribution >= 4 is 34.5 Å². The van der Waals surface area contributed by atoms with Gasteiger partial charge in [0.05, 0.1) is 17.8 Å². The summed E-state index contributed by atoms with van der Waals surface area (Å²) in [6, 6.07) is 13.3. The van der Waals surface area contributed by atoms with Crippen molar-refractivity contribution in [2.45, 2.75) is 13.3 Å². The second kappa shape index (κ2) is 7.70. The summed E-state index contributed by atoms with van der Waals surface area (Å²) in [5, 5.41) is 0.345. The summed E-state index contributed by atoms with van der Waals surface area (Å²) in [6.07, 6.45) is 1.92. The van der Waals surface area contributed by atoms with Crippen LogP contribution in [0.2, 0.25) is 0 Å². The van der Waals surface area contributed by atoms with Crippen molar-refractivity contribution in [1.82, 2.24) is 9.97 Å². The lowest BCUT2D eigenvalue weighted by Gasteiger charge is -2.14. The lowest BCUT2D eigenvalue weighted by molar-refractivity contribution is -0.117. The van der Waals surface area contributed by atoms with E-state index in [0.717, 1.165) is 28.2 Å². The molecule has 1 aromatic carbocycles. The molecule has 1 atom stereocenters. The molecule has 1 amide bonds. The predicted molar refractivity (Wildman–Crippen MR) is 107 cm³/mol. The van der Waals surface area contributed by atoms with Crippen LogP contribution in [0.4, 0.5) is 5.13 Å². The van der Waals surface area contributed by atoms with Crippen LogP contribution in [0.3, 0.4) is 0 Å². The maximum absolute atomic E-state index is 12.6. The summed E-state index contributed by atoms with van der Waals surface area (Å²) in [5.41, 5.74) is 8.37. The molecule has 140 valence electrons. The van der Waals surface area contributed by atoms with Gasteiger partial charge in [0.1, 0.15) is 4.62 Å². The zero-order valence-electron chi connectivity index (χ0n) is 14.9. The topological polar surface area (TPSA) is 109 Å². The third-order valence-corrected chi connectivity index (χ3v) is 6.98. The van der Waals surface area contributed by atoms with Gasteiger partial charge in [-0.2, -0.15) is 0 Å². The number of nitrogens with zero attached hydrogens (tertiary/aromatic N) is 3. The van der Waals surface area contributed by atoms with E-state index in [1.54, 1.807) is 20.2 Å². The monoisotopic (exact) mass is 402 g/mol. The van der Waals surface area contributed by atoms with Crippen molar-refractivity contribution in [2.24, 2.45) is 5.50 Å². The van der Waals surface area contributed by atoms with Crippen LogP contribution in [0.5, 0.6) is 0 Å². The van der Waals surface area contributed by atoms with E-state index in [4.69, 9.17) is 5.50 Å². The molecular weight excluding hydrogens is 383 g/mol. The molecule has 0 radical (unpaired) electrons. The zero-order chi connectivity index (χ0) is 19.6. The minimum Gasteiger partial charge on any atom is -0.330 e. The fraction of sp³-hybridized carbons (Fsp3) is 0.167. The summed E-state index contributed by atoms with van der Waals surface area (Å²) in [4.78, 5) is 32.0. The van der Waals surface area contributed by atoms with Crippen LogP contribution in [-0.2, 0) is 15.8 Å². The summed E-state index contributed by atoms with van der Waals surface area (Å²) in [7, 11) is -2.31. The van der Waals surface area contributed by atoms with Gasteiger partial charge < -0.3 is 4.89 Å². The Hall–Kier alpha value is -2.38. The molecule has 0 bridgehead atoms. The lowest BCUT2D eigenvalue weighted by Crippen LogP contribution is -2.27. The molecule has 2 aromatic heterocycles. The van der Waals surface area contributed by atoms with Crippen LogP contribution in [0.15, 0.2) is 48.7 Å². The average Bonchev–Trinajstić information content (AvgIpc) is 3.04. The van der Waals surface area contributed by atoms with E-state index in [-0.39, 0.29) is 16.9 Å². The number of hydrogen-bond acceptors (Lipinski definition) is 5. The van der Waals surface area contributed by atoms with Gasteiger partial charge in [-0.25, -0.2) is 4.98 Å². The molecule has 3 rings (SSSR count). The number of carbonyl (C=O) groups excluding carboxylic acids is 1. The minimum atomic E-state index is -3.89. The molecule has 0 aliphatic carbocycles. The number of amides is 1. The first kappa shape index (κ1) is 19.4. The standard InChI is InChI=1S/C18H19N4O3PS/c1-12-17(26(19,24)25)27-18(21-12)22(2)16(23)11-13-6-8-14(9-7-13)15-5-3-4-10-20-15/h3-10H,11H2,1-2H3,(H3,19,24,25). The molecule has 0 spiro atoms. The fourth-order valence-electron chi connectivity index (χ4n) is 2.54. The molecule has 7 nitrogen and oxygen atoms in total. The number of hydrogen-bond donors (Lipinski definition) is 2. The van der Waals surface area contributed by atoms with Gasteiger partial charge in [-0.1, -0.05) is 41.7 Å². The van der Waals surface area contributed by atoms with Crippen molar-refractivity contribution in [3.63, 3.8) is 0 Å². The quantitative estimate of drug-likeness (QED) is 0.635. The molecule has 27 heavy (non-hydrogen) atoms. The second-order valence-corrected chi connectivity index (χ2v) is 9.02. The van der Waals surface area contributed by atoms with Gasteiger partial charge in [0.15, 0.2) is 5.13 Å². The number of benzene rings is 1. The highest BCUT2D eigenvalue weighted by molar-refractivity contribution is 7.70. The smallest absolute Gasteiger partial charge is 0.306 e. The Morgan fingerprint density at radius 3 is 2.52 bits per heavy atom. The molecule has 0 saturated carbocycles. The number of likely N-dealkylation sites (N-methyl/N-ethyl adjacent to an activating group) is 1. The largest absolute Gasteiger partial charge is 0.330 e. The van der Waals surface area contributed by atoms with E-state index in [2.05, 4.69) is 9.97 Å². The van der Waals surface area contributed by atoms with Gasteiger partial charge in [-0.15, -0.1) is 0 Å². The molecule has 1 unspecified atom stereocenters. The third kappa shape index (κ3) is 4.48. The van der Waals surface area contributed by atoms with E-state index in [9.17, 15) is 14.3 Å². The Morgan fingerprint density at radius 1 is 1.26 bits per heavy atom. The first-order valence-corrected chi connectivity index (χ1v) is 10.7. The van der Waals surface area contributed by atoms with E-state index in [1.807, 2.05) is 42.5 Å². The van der Waals surface area contributed by atoms with Crippen LogP contribution in [0.1, 0.15) is 11.3 Å². The Labute approximate surface area is 161 Å².